The molecule has 2 fully saturated rings. The Morgan fingerprint density at radius 1 is 0.953 bits per heavy atom. The van der Waals surface area contributed by atoms with Gasteiger partial charge in [0.1, 0.15) is 19.0 Å². The van der Waals surface area contributed by atoms with Crippen molar-refractivity contribution in [2.45, 2.75) is 64.7 Å². The number of fused-ring (bicyclic) bond motifs is 2. The summed E-state index contributed by atoms with van der Waals surface area (Å²) in [5.74, 6) is 1.37. The molecule has 43 heavy (non-hydrogen) atoms. The number of nitrogens with one attached hydrogen (secondary N) is 2. The fourth-order valence-electron chi connectivity index (χ4n) is 6.19. The maximum absolute atomic E-state index is 14.4. The molecule has 1 saturated carbocycles. The first-order valence-corrected chi connectivity index (χ1v) is 15.9. The lowest BCUT2D eigenvalue weighted by Gasteiger charge is -2.41. The molecule has 8 heteroatoms. The zero-order chi connectivity index (χ0) is 30.1. The maximum atomic E-state index is 14.4. The molecule has 3 aromatic rings. The van der Waals surface area contributed by atoms with Crippen LogP contribution in [-0.4, -0.2) is 55.2 Å². The van der Waals surface area contributed by atoms with Crippen molar-refractivity contribution in [3.05, 3.63) is 98.0 Å². The molecule has 3 aromatic carbocycles. The summed E-state index contributed by atoms with van der Waals surface area (Å²) in [6, 6.07) is 18.7. The van der Waals surface area contributed by atoms with E-state index in [2.05, 4.69) is 59.7 Å². The largest absolute Gasteiger partial charge is 0.490 e. The van der Waals surface area contributed by atoms with Crippen LogP contribution in [0.1, 0.15) is 47.1 Å². The van der Waals surface area contributed by atoms with E-state index in [1.54, 1.807) is 0 Å². The molecule has 0 unspecified atom stereocenters. The summed E-state index contributed by atoms with van der Waals surface area (Å²) < 4.78 is 11.8. The summed E-state index contributed by atoms with van der Waals surface area (Å²) >= 11 is 12.6. The lowest BCUT2D eigenvalue weighted by molar-refractivity contribution is -0.128. The molecule has 2 aliphatic heterocycles. The van der Waals surface area contributed by atoms with Crippen molar-refractivity contribution in [2.24, 2.45) is 0 Å². The molecule has 1 aliphatic carbocycles. The molecular formula is C35H39Cl2N3O3. The third kappa shape index (κ3) is 6.73. The average Bonchev–Trinajstić information content (AvgIpc) is 3.82. The number of rotatable bonds is 10. The van der Waals surface area contributed by atoms with E-state index in [-0.39, 0.29) is 11.9 Å². The van der Waals surface area contributed by atoms with Gasteiger partial charge in [-0.15, -0.1) is 0 Å². The molecule has 0 spiro atoms. The highest BCUT2D eigenvalue weighted by atomic mass is 35.5. The third-order valence-electron chi connectivity index (χ3n) is 8.78. The molecule has 2 bridgehead atoms. The Morgan fingerprint density at radius 3 is 2.40 bits per heavy atom. The number of piperazine rings is 1. The molecule has 1 saturated heterocycles. The maximum Gasteiger partial charge on any atom is 0.252 e. The van der Waals surface area contributed by atoms with Crippen LogP contribution in [0.4, 0.5) is 0 Å². The van der Waals surface area contributed by atoms with Crippen molar-refractivity contribution in [3.8, 4) is 11.5 Å². The third-order valence-corrected chi connectivity index (χ3v) is 9.34. The second kappa shape index (κ2) is 12.9. The van der Waals surface area contributed by atoms with Gasteiger partial charge < -0.3 is 25.0 Å². The quantitative estimate of drug-likeness (QED) is 0.249. The zero-order valence-electron chi connectivity index (χ0n) is 25.0. The standard InChI is InChI=1S/C35H39Cl2N3O3/c1-21-15-30(36)34(31(37)16-21)43-14-13-42-28-11-7-24(8-12-28)29-17-26-18-38-19-32(39-26)33(29)35(41)40(27-9-10-27)20-25-6-4-5-22(2)23(25)3/h4-8,11-12,15-16,26-27,32,38-39H,9-10,13-14,17-20H2,1-3H3/t26-,32-/m1/s1. The molecule has 0 aromatic heterocycles. The Labute approximate surface area is 264 Å². The van der Waals surface area contributed by atoms with Gasteiger partial charge in [-0.2, -0.15) is 0 Å². The van der Waals surface area contributed by atoms with E-state index < -0.39 is 0 Å². The molecule has 6 rings (SSSR count). The second-order valence-electron chi connectivity index (χ2n) is 12.0. The lowest BCUT2D eigenvalue weighted by Crippen LogP contribution is -2.60. The van der Waals surface area contributed by atoms with E-state index in [0.29, 0.717) is 47.6 Å². The molecule has 2 heterocycles. The number of carbonyl (C=O) groups excluding carboxylic acids is 1. The van der Waals surface area contributed by atoms with Crippen LogP contribution in [0.25, 0.3) is 5.57 Å². The average molecular weight is 621 g/mol. The summed E-state index contributed by atoms with van der Waals surface area (Å²) in [6.07, 6.45) is 2.94. The first kappa shape index (κ1) is 30.0. The molecule has 2 atom stereocenters. The van der Waals surface area contributed by atoms with Gasteiger partial charge in [0.15, 0.2) is 5.75 Å². The SMILES string of the molecule is Cc1cc(Cl)c(OCCOc2ccc(C3=C(C(=O)N(Cc4cccc(C)c4C)C4CC4)[C@H]4CNC[C@@H](C3)N4)cc2)c(Cl)c1. The van der Waals surface area contributed by atoms with Crippen molar-refractivity contribution in [2.75, 3.05) is 26.3 Å². The number of amides is 1. The smallest absolute Gasteiger partial charge is 0.252 e. The van der Waals surface area contributed by atoms with E-state index in [0.717, 1.165) is 60.4 Å². The molecule has 0 radical (unpaired) electrons. The Bertz CT molecular complexity index is 1510. The summed E-state index contributed by atoms with van der Waals surface area (Å²) in [6.45, 7) is 9.18. The minimum Gasteiger partial charge on any atom is -0.490 e. The van der Waals surface area contributed by atoms with E-state index in [4.69, 9.17) is 32.7 Å². The molecule has 2 N–H and O–H groups in total. The minimum atomic E-state index is -0.0108. The molecule has 3 aliphatic rings. The van der Waals surface area contributed by atoms with Gasteiger partial charge in [0, 0.05) is 37.3 Å². The topological polar surface area (TPSA) is 62.8 Å². The van der Waals surface area contributed by atoms with Gasteiger partial charge >= 0.3 is 0 Å². The van der Waals surface area contributed by atoms with Crippen molar-refractivity contribution >= 4 is 34.7 Å². The minimum absolute atomic E-state index is 0.0108. The van der Waals surface area contributed by atoms with E-state index in [9.17, 15) is 4.79 Å². The second-order valence-corrected chi connectivity index (χ2v) is 12.8. The van der Waals surface area contributed by atoms with Crippen molar-refractivity contribution in [3.63, 3.8) is 0 Å². The molecule has 226 valence electrons. The van der Waals surface area contributed by atoms with Crippen LogP contribution in [0.5, 0.6) is 11.5 Å². The Hall–Kier alpha value is -3.03. The number of aryl methyl sites for hydroxylation is 2. The van der Waals surface area contributed by atoms with Crippen LogP contribution in [0.3, 0.4) is 0 Å². The molecule has 1 amide bonds. The molecular weight excluding hydrogens is 581 g/mol. The van der Waals surface area contributed by atoms with E-state index in [1.807, 2.05) is 31.2 Å². The van der Waals surface area contributed by atoms with Gasteiger partial charge in [-0.05, 0) is 97.7 Å². The number of halogens is 2. The van der Waals surface area contributed by atoms with Gasteiger partial charge in [-0.25, -0.2) is 0 Å². The fourth-order valence-corrected chi connectivity index (χ4v) is 6.90. The summed E-state index contributed by atoms with van der Waals surface area (Å²) in [7, 11) is 0. The van der Waals surface area contributed by atoms with Crippen LogP contribution in [0.2, 0.25) is 10.0 Å². The van der Waals surface area contributed by atoms with Crippen molar-refractivity contribution in [1.82, 2.24) is 15.5 Å². The predicted octanol–water partition coefficient (Wildman–Crippen LogP) is 6.65. The number of ether oxygens (including phenoxy) is 2. The first-order valence-electron chi connectivity index (χ1n) is 15.2. The van der Waals surface area contributed by atoms with Crippen LogP contribution in [0.15, 0.2) is 60.2 Å². The Morgan fingerprint density at radius 2 is 1.67 bits per heavy atom. The monoisotopic (exact) mass is 619 g/mol. The normalized spacial score (nSPS) is 19.7. The van der Waals surface area contributed by atoms with Gasteiger partial charge in [0.2, 0.25) is 0 Å². The fraction of sp³-hybridized carbons (Fsp3) is 0.400. The van der Waals surface area contributed by atoms with Gasteiger partial charge in [0.25, 0.3) is 5.91 Å². The van der Waals surface area contributed by atoms with Crippen LogP contribution in [-0.2, 0) is 11.3 Å². The van der Waals surface area contributed by atoms with E-state index in [1.165, 1.54) is 16.7 Å². The number of carbonyl (C=O) groups is 1. The molecule has 6 nitrogen and oxygen atoms in total. The van der Waals surface area contributed by atoms with E-state index >= 15 is 0 Å². The highest BCUT2D eigenvalue weighted by Gasteiger charge is 2.41. The lowest BCUT2D eigenvalue weighted by atomic mass is 9.83. The van der Waals surface area contributed by atoms with Gasteiger partial charge in [-0.1, -0.05) is 53.5 Å². The zero-order valence-corrected chi connectivity index (χ0v) is 26.5. The van der Waals surface area contributed by atoms with Crippen LogP contribution < -0.4 is 20.1 Å². The number of benzene rings is 3. The van der Waals surface area contributed by atoms with Gasteiger partial charge in [0.05, 0.1) is 16.1 Å². The highest BCUT2D eigenvalue weighted by molar-refractivity contribution is 6.37. The summed E-state index contributed by atoms with van der Waals surface area (Å²) in [5.41, 5.74) is 7.85. The van der Waals surface area contributed by atoms with Crippen molar-refractivity contribution < 1.29 is 14.3 Å². The van der Waals surface area contributed by atoms with Crippen LogP contribution in [0, 0.1) is 20.8 Å². The number of hydrogen-bond acceptors (Lipinski definition) is 5. The van der Waals surface area contributed by atoms with Gasteiger partial charge in [-0.3, -0.25) is 4.79 Å². The first-order chi connectivity index (χ1) is 20.8. The Balaban J connectivity index is 1.19. The number of nitrogens with zero attached hydrogens (tertiary/aromatic N) is 1. The predicted molar refractivity (Wildman–Crippen MR) is 173 cm³/mol. The van der Waals surface area contributed by atoms with Crippen LogP contribution >= 0.6 is 23.2 Å². The Kier molecular flexibility index (Phi) is 9.01. The highest BCUT2D eigenvalue weighted by Crippen LogP contribution is 2.37. The van der Waals surface area contributed by atoms with Crippen molar-refractivity contribution in [1.29, 1.82) is 0 Å². The summed E-state index contributed by atoms with van der Waals surface area (Å²) in [4.78, 5) is 16.6. The number of hydrogen-bond donors (Lipinski definition) is 2. The summed E-state index contributed by atoms with van der Waals surface area (Å²) in [5, 5.41) is 8.24.